The molecular formula is C20H18N6O3S. The van der Waals surface area contributed by atoms with Gasteiger partial charge in [0.1, 0.15) is 6.33 Å². The first-order chi connectivity index (χ1) is 14.6. The highest BCUT2D eigenvalue weighted by atomic mass is 32.2. The van der Waals surface area contributed by atoms with Crippen molar-refractivity contribution < 1.29 is 14.3 Å². The zero-order valence-electron chi connectivity index (χ0n) is 15.9. The molecule has 2 aliphatic rings. The minimum absolute atomic E-state index is 0.0909. The number of aromatic nitrogens is 4. The summed E-state index contributed by atoms with van der Waals surface area (Å²) < 4.78 is 12.8. The van der Waals surface area contributed by atoms with Crippen molar-refractivity contribution in [3.8, 4) is 23.8 Å². The molecule has 0 bridgehead atoms. The Bertz CT molecular complexity index is 1200. The molecule has 1 saturated carbocycles. The van der Waals surface area contributed by atoms with Gasteiger partial charge in [0.2, 0.25) is 12.7 Å². The quantitative estimate of drug-likeness (QED) is 0.578. The van der Waals surface area contributed by atoms with Crippen LogP contribution in [0.25, 0.3) is 11.2 Å². The molecule has 1 aromatic carbocycles. The predicted octanol–water partition coefficient (Wildman–Crippen LogP) is 1.80. The number of hydrogen-bond donors (Lipinski definition) is 2. The second-order valence-corrected chi connectivity index (χ2v) is 8.00. The normalized spacial score (nSPS) is 14.6. The molecule has 0 saturated heterocycles. The first kappa shape index (κ1) is 18.6. The van der Waals surface area contributed by atoms with E-state index in [1.165, 1.54) is 18.1 Å². The summed E-state index contributed by atoms with van der Waals surface area (Å²) in [6.07, 6.45) is 9.03. The topological polar surface area (TPSA) is 117 Å². The van der Waals surface area contributed by atoms with Gasteiger partial charge in [0.05, 0.1) is 0 Å². The zero-order valence-corrected chi connectivity index (χ0v) is 16.7. The van der Waals surface area contributed by atoms with Crippen molar-refractivity contribution in [2.24, 2.45) is 5.92 Å². The molecule has 3 N–H and O–H groups in total. The molecule has 1 amide bonds. The second-order valence-electron chi connectivity index (χ2n) is 6.99. The van der Waals surface area contributed by atoms with Crippen LogP contribution in [0.1, 0.15) is 18.4 Å². The predicted molar refractivity (Wildman–Crippen MR) is 110 cm³/mol. The van der Waals surface area contributed by atoms with Crippen LogP contribution in [0.2, 0.25) is 0 Å². The molecule has 0 spiro atoms. The number of terminal acetylenes is 1. The third-order valence-corrected chi connectivity index (χ3v) is 5.99. The number of nitrogens with two attached hydrogens (primary N) is 1. The zero-order chi connectivity index (χ0) is 20.7. The van der Waals surface area contributed by atoms with Crippen molar-refractivity contribution in [1.82, 2.24) is 24.8 Å². The van der Waals surface area contributed by atoms with Gasteiger partial charge in [0, 0.05) is 35.5 Å². The Kier molecular flexibility index (Phi) is 4.59. The van der Waals surface area contributed by atoms with Gasteiger partial charge in [-0.2, -0.15) is 0 Å². The van der Waals surface area contributed by atoms with Crippen LogP contribution in [0.5, 0.6) is 11.5 Å². The number of nitrogens with one attached hydrogen (secondary N) is 1. The fourth-order valence-electron chi connectivity index (χ4n) is 3.21. The summed E-state index contributed by atoms with van der Waals surface area (Å²) in [5.41, 5.74) is 7.80. The Balaban J connectivity index is 1.48. The van der Waals surface area contributed by atoms with E-state index in [4.69, 9.17) is 21.6 Å². The van der Waals surface area contributed by atoms with E-state index in [1.54, 1.807) is 6.07 Å². The van der Waals surface area contributed by atoms with Gasteiger partial charge in [-0.1, -0.05) is 17.7 Å². The van der Waals surface area contributed by atoms with Gasteiger partial charge < -0.3 is 25.1 Å². The van der Waals surface area contributed by atoms with Crippen LogP contribution in [0, 0.1) is 18.3 Å². The van der Waals surface area contributed by atoms with Gasteiger partial charge >= 0.3 is 0 Å². The average Bonchev–Trinajstić information content (AvgIpc) is 3.41. The Hall–Kier alpha value is -3.45. The van der Waals surface area contributed by atoms with Gasteiger partial charge in [0.15, 0.2) is 33.6 Å². The van der Waals surface area contributed by atoms with Crippen LogP contribution < -0.4 is 20.5 Å². The standard InChI is InChI=1S/C20H18N6O3S/c1-2-11-7-13-14(29-10-28-13)8-15(11)30-20-25-16-17(21)23-9-24-18(16)26(20)6-5-22-19(27)12-3-4-12/h1,7-9,12H,3-6,10H2,(H,22,27)(H2,21,23,24). The first-order valence-electron chi connectivity index (χ1n) is 9.46. The maximum atomic E-state index is 12.0. The number of hydrogen-bond acceptors (Lipinski definition) is 8. The lowest BCUT2D eigenvalue weighted by Gasteiger charge is -2.10. The van der Waals surface area contributed by atoms with Crippen molar-refractivity contribution in [1.29, 1.82) is 0 Å². The highest BCUT2D eigenvalue weighted by Crippen LogP contribution is 2.41. The van der Waals surface area contributed by atoms with Crippen molar-refractivity contribution in [3.05, 3.63) is 24.0 Å². The SMILES string of the molecule is C#Cc1cc2c(cc1Sc1nc3c(N)ncnc3n1CCNC(=O)C1CC1)OCO2. The van der Waals surface area contributed by atoms with Crippen LogP contribution in [-0.4, -0.2) is 38.8 Å². The van der Waals surface area contributed by atoms with Crippen LogP contribution in [0.15, 0.2) is 28.5 Å². The van der Waals surface area contributed by atoms with E-state index >= 15 is 0 Å². The molecule has 9 nitrogen and oxygen atoms in total. The molecule has 0 unspecified atom stereocenters. The molecule has 1 aliphatic heterocycles. The van der Waals surface area contributed by atoms with Crippen molar-refractivity contribution in [2.45, 2.75) is 29.4 Å². The third-order valence-electron chi connectivity index (χ3n) is 4.94. The summed E-state index contributed by atoms with van der Waals surface area (Å²) in [6.45, 7) is 1.11. The molecule has 5 rings (SSSR count). The van der Waals surface area contributed by atoms with Crippen LogP contribution in [0.3, 0.4) is 0 Å². The van der Waals surface area contributed by atoms with Gasteiger partial charge in [-0.15, -0.1) is 6.42 Å². The van der Waals surface area contributed by atoms with Crippen molar-refractivity contribution in [3.63, 3.8) is 0 Å². The monoisotopic (exact) mass is 422 g/mol. The Morgan fingerprint density at radius 2 is 2.13 bits per heavy atom. The molecule has 152 valence electrons. The number of nitrogens with zero attached hydrogens (tertiary/aromatic N) is 4. The first-order valence-corrected chi connectivity index (χ1v) is 10.3. The van der Waals surface area contributed by atoms with Crippen LogP contribution >= 0.6 is 11.8 Å². The van der Waals surface area contributed by atoms with Gasteiger partial charge in [0.25, 0.3) is 0 Å². The summed E-state index contributed by atoms with van der Waals surface area (Å²) in [5, 5.41) is 3.62. The highest BCUT2D eigenvalue weighted by Gasteiger charge is 2.29. The van der Waals surface area contributed by atoms with E-state index in [9.17, 15) is 4.79 Å². The fourth-order valence-corrected chi connectivity index (χ4v) is 4.23. The maximum Gasteiger partial charge on any atom is 0.231 e. The number of fused-ring (bicyclic) bond motifs is 2. The molecule has 0 atom stereocenters. The summed E-state index contributed by atoms with van der Waals surface area (Å²) in [5.74, 6) is 4.49. The van der Waals surface area contributed by atoms with Gasteiger partial charge in [-0.3, -0.25) is 4.79 Å². The number of rotatable bonds is 6. The third kappa shape index (κ3) is 3.37. The van der Waals surface area contributed by atoms with E-state index in [-0.39, 0.29) is 18.6 Å². The molecule has 0 radical (unpaired) electrons. The number of carbonyl (C=O) groups is 1. The van der Waals surface area contributed by atoms with Gasteiger partial charge in [-0.25, -0.2) is 15.0 Å². The van der Waals surface area contributed by atoms with Gasteiger partial charge in [-0.05, 0) is 18.9 Å². The van der Waals surface area contributed by atoms with E-state index < -0.39 is 0 Å². The molecule has 2 aromatic heterocycles. The number of ether oxygens (including phenoxy) is 2. The van der Waals surface area contributed by atoms with E-state index in [2.05, 4.69) is 26.2 Å². The molecular weight excluding hydrogens is 404 g/mol. The number of benzene rings is 1. The summed E-state index contributed by atoms with van der Waals surface area (Å²) in [6, 6.07) is 3.62. The van der Waals surface area contributed by atoms with Crippen LogP contribution in [0.4, 0.5) is 5.82 Å². The number of imidazole rings is 1. The second kappa shape index (κ2) is 7.42. The fraction of sp³-hybridized carbons (Fsp3) is 0.300. The highest BCUT2D eigenvalue weighted by molar-refractivity contribution is 7.99. The molecule has 30 heavy (non-hydrogen) atoms. The molecule has 3 heterocycles. The lowest BCUT2D eigenvalue weighted by Crippen LogP contribution is -2.28. The van der Waals surface area contributed by atoms with E-state index in [0.717, 1.165) is 17.7 Å². The minimum Gasteiger partial charge on any atom is -0.454 e. The number of carbonyl (C=O) groups excluding carboxylic acids is 1. The number of anilines is 1. The molecule has 10 heteroatoms. The largest absolute Gasteiger partial charge is 0.454 e. The van der Waals surface area contributed by atoms with Crippen molar-refractivity contribution >= 4 is 34.7 Å². The van der Waals surface area contributed by atoms with E-state index in [0.29, 0.717) is 52.3 Å². The molecule has 1 aliphatic carbocycles. The molecule has 3 aromatic rings. The Morgan fingerprint density at radius 3 is 2.90 bits per heavy atom. The Labute approximate surface area is 176 Å². The minimum atomic E-state index is 0.0909. The van der Waals surface area contributed by atoms with Crippen LogP contribution in [-0.2, 0) is 11.3 Å². The number of amides is 1. The smallest absolute Gasteiger partial charge is 0.231 e. The van der Waals surface area contributed by atoms with E-state index in [1.807, 2.05) is 10.6 Å². The average molecular weight is 422 g/mol. The molecule has 1 fully saturated rings. The summed E-state index contributed by atoms with van der Waals surface area (Å²) in [7, 11) is 0. The summed E-state index contributed by atoms with van der Waals surface area (Å²) >= 11 is 1.38. The maximum absolute atomic E-state index is 12.0. The lowest BCUT2D eigenvalue weighted by atomic mass is 10.2. The van der Waals surface area contributed by atoms with Crippen molar-refractivity contribution in [2.75, 3.05) is 19.1 Å². The Morgan fingerprint density at radius 1 is 1.33 bits per heavy atom. The number of nitrogen functional groups attached to an aromatic ring is 1. The lowest BCUT2D eigenvalue weighted by molar-refractivity contribution is -0.122. The summed E-state index contributed by atoms with van der Waals surface area (Å²) in [4.78, 5) is 25.8.